The lowest BCUT2D eigenvalue weighted by Gasteiger charge is -2.26. The highest BCUT2D eigenvalue weighted by Gasteiger charge is 2.35. The summed E-state index contributed by atoms with van der Waals surface area (Å²) in [5.41, 5.74) is 8.40. The SMILES string of the molecule is CC(C)(Cc1cc(C(C)(C)C(N)=O)c(F)c(C#Cc2ccccc2)c1F)C(N)=O. The van der Waals surface area contributed by atoms with Gasteiger partial charge >= 0.3 is 0 Å². The maximum atomic E-state index is 15.2. The smallest absolute Gasteiger partial charge is 0.227 e. The molecule has 6 heteroatoms. The molecule has 0 unspecified atom stereocenters. The van der Waals surface area contributed by atoms with Crippen molar-refractivity contribution >= 4 is 11.8 Å². The lowest BCUT2D eigenvalue weighted by atomic mass is 9.78. The van der Waals surface area contributed by atoms with E-state index < -0.39 is 39.8 Å². The number of carbonyl (C=O) groups is 2. The van der Waals surface area contributed by atoms with Gasteiger partial charge in [0.2, 0.25) is 11.8 Å². The minimum atomic E-state index is -1.41. The third-order valence-electron chi connectivity index (χ3n) is 4.97. The molecule has 0 aromatic heterocycles. The van der Waals surface area contributed by atoms with Crippen LogP contribution >= 0.6 is 0 Å². The largest absolute Gasteiger partial charge is 0.369 e. The predicted octanol–water partition coefficient (Wildman–Crippen LogP) is 3.18. The first-order chi connectivity index (χ1) is 13.4. The number of nitrogens with two attached hydrogens (primary N) is 2. The van der Waals surface area contributed by atoms with Crippen LogP contribution in [0.5, 0.6) is 0 Å². The van der Waals surface area contributed by atoms with Gasteiger partial charge in [-0.1, -0.05) is 43.9 Å². The molecule has 0 spiro atoms. The van der Waals surface area contributed by atoms with Crippen molar-refractivity contribution in [3.8, 4) is 11.8 Å². The maximum absolute atomic E-state index is 15.2. The third kappa shape index (κ3) is 4.62. The minimum absolute atomic E-state index is 0.0388. The van der Waals surface area contributed by atoms with Crippen molar-refractivity contribution in [1.29, 1.82) is 0 Å². The van der Waals surface area contributed by atoms with Crippen molar-refractivity contribution in [2.24, 2.45) is 16.9 Å². The van der Waals surface area contributed by atoms with Crippen molar-refractivity contribution in [2.45, 2.75) is 39.5 Å². The maximum Gasteiger partial charge on any atom is 0.227 e. The van der Waals surface area contributed by atoms with Crippen LogP contribution in [0.1, 0.15) is 49.9 Å². The van der Waals surface area contributed by atoms with E-state index in [1.54, 1.807) is 44.2 Å². The van der Waals surface area contributed by atoms with Gasteiger partial charge in [-0.2, -0.15) is 0 Å². The lowest BCUT2D eigenvalue weighted by Crippen LogP contribution is -2.37. The Bertz CT molecular complexity index is 1020. The van der Waals surface area contributed by atoms with Gasteiger partial charge in [0.05, 0.1) is 11.0 Å². The Balaban J connectivity index is 2.75. The predicted molar refractivity (Wildman–Crippen MR) is 108 cm³/mol. The van der Waals surface area contributed by atoms with Gasteiger partial charge in [-0.3, -0.25) is 9.59 Å². The van der Waals surface area contributed by atoms with Gasteiger partial charge in [-0.05, 0) is 44.0 Å². The highest BCUT2D eigenvalue weighted by Crippen LogP contribution is 2.33. The second-order valence-electron chi connectivity index (χ2n) is 8.12. The lowest BCUT2D eigenvalue weighted by molar-refractivity contribution is -0.126. The molecule has 0 aliphatic rings. The molecule has 0 aliphatic carbocycles. The molecule has 0 saturated heterocycles. The van der Waals surface area contributed by atoms with E-state index >= 15 is 8.78 Å². The zero-order valence-corrected chi connectivity index (χ0v) is 16.9. The van der Waals surface area contributed by atoms with Gasteiger partial charge in [0, 0.05) is 16.5 Å². The number of amides is 2. The molecule has 0 radical (unpaired) electrons. The second-order valence-corrected chi connectivity index (χ2v) is 8.12. The summed E-state index contributed by atoms with van der Waals surface area (Å²) in [5.74, 6) is 2.02. The molecule has 0 saturated carbocycles. The Morgan fingerprint density at radius 1 is 0.931 bits per heavy atom. The first-order valence-electron chi connectivity index (χ1n) is 9.06. The summed E-state index contributed by atoms with van der Waals surface area (Å²) >= 11 is 0. The number of halogens is 2. The summed E-state index contributed by atoms with van der Waals surface area (Å²) in [6, 6.07) is 9.95. The Kier molecular flexibility index (Phi) is 6.13. The molecule has 0 bridgehead atoms. The molecule has 0 fully saturated rings. The molecule has 0 aliphatic heterocycles. The van der Waals surface area contributed by atoms with Crippen LogP contribution in [-0.4, -0.2) is 11.8 Å². The van der Waals surface area contributed by atoms with Crippen molar-refractivity contribution in [3.05, 3.63) is 70.3 Å². The molecule has 4 nitrogen and oxygen atoms in total. The summed E-state index contributed by atoms with van der Waals surface area (Å²) in [7, 11) is 0. The van der Waals surface area contributed by atoms with E-state index in [0.717, 1.165) is 0 Å². The summed E-state index contributed by atoms with van der Waals surface area (Å²) in [5, 5.41) is 0. The molecular weight excluding hydrogens is 374 g/mol. The van der Waals surface area contributed by atoms with Crippen LogP contribution in [0.3, 0.4) is 0 Å². The van der Waals surface area contributed by atoms with Crippen molar-refractivity contribution in [3.63, 3.8) is 0 Å². The second kappa shape index (κ2) is 8.04. The summed E-state index contributed by atoms with van der Waals surface area (Å²) in [4.78, 5) is 23.6. The molecule has 2 amide bonds. The van der Waals surface area contributed by atoms with Crippen LogP contribution in [0, 0.1) is 28.9 Å². The van der Waals surface area contributed by atoms with Crippen molar-refractivity contribution < 1.29 is 18.4 Å². The average molecular weight is 398 g/mol. The van der Waals surface area contributed by atoms with Crippen molar-refractivity contribution in [1.82, 2.24) is 0 Å². The van der Waals surface area contributed by atoms with Gasteiger partial charge in [-0.25, -0.2) is 8.78 Å². The fourth-order valence-corrected chi connectivity index (χ4v) is 2.74. The number of primary amides is 2. The molecule has 0 heterocycles. The van der Waals surface area contributed by atoms with Gasteiger partial charge in [-0.15, -0.1) is 0 Å². The van der Waals surface area contributed by atoms with Crippen molar-refractivity contribution in [2.75, 3.05) is 0 Å². The highest BCUT2D eigenvalue weighted by molar-refractivity contribution is 5.86. The number of hydrogen-bond donors (Lipinski definition) is 2. The van der Waals surface area contributed by atoms with E-state index in [4.69, 9.17) is 11.5 Å². The van der Waals surface area contributed by atoms with E-state index in [1.807, 2.05) is 0 Å². The number of benzene rings is 2. The monoisotopic (exact) mass is 398 g/mol. The zero-order chi connectivity index (χ0) is 22.0. The zero-order valence-electron chi connectivity index (χ0n) is 16.9. The topological polar surface area (TPSA) is 86.2 Å². The van der Waals surface area contributed by atoms with E-state index in [-0.39, 0.29) is 17.5 Å². The Labute approximate surface area is 169 Å². The van der Waals surface area contributed by atoms with Crippen LogP contribution in [0.4, 0.5) is 8.78 Å². The van der Waals surface area contributed by atoms with Crippen LogP contribution in [0.2, 0.25) is 0 Å². The Hall–Kier alpha value is -3.20. The van der Waals surface area contributed by atoms with E-state index in [9.17, 15) is 9.59 Å². The van der Waals surface area contributed by atoms with Crippen LogP contribution < -0.4 is 11.5 Å². The summed E-state index contributed by atoms with van der Waals surface area (Å²) < 4.78 is 30.4. The molecule has 29 heavy (non-hydrogen) atoms. The number of carbonyl (C=O) groups excluding carboxylic acids is 2. The molecule has 2 rings (SSSR count). The first-order valence-corrected chi connectivity index (χ1v) is 9.06. The van der Waals surface area contributed by atoms with Gasteiger partial charge in [0.15, 0.2) is 0 Å². The molecular formula is C23H24F2N2O2. The molecule has 0 atom stereocenters. The van der Waals surface area contributed by atoms with E-state index in [0.29, 0.717) is 5.56 Å². The van der Waals surface area contributed by atoms with Gasteiger partial charge in [0.25, 0.3) is 0 Å². The van der Waals surface area contributed by atoms with Gasteiger partial charge < -0.3 is 11.5 Å². The normalized spacial score (nSPS) is 11.5. The van der Waals surface area contributed by atoms with Crippen LogP contribution in [0.15, 0.2) is 36.4 Å². The fourth-order valence-electron chi connectivity index (χ4n) is 2.74. The molecule has 152 valence electrons. The molecule has 2 aromatic rings. The standard InChI is InChI=1S/C23H24F2N2O2/c1-22(2,20(26)28)13-15-12-17(23(3,4)21(27)29)19(25)16(18(15)24)11-10-14-8-6-5-7-9-14/h5-9,12H,13H2,1-4H3,(H2,26,28)(H2,27,29). The number of rotatable bonds is 5. The Morgan fingerprint density at radius 2 is 1.52 bits per heavy atom. The fraction of sp³-hybridized carbons (Fsp3) is 0.304. The average Bonchev–Trinajstić information content (AvgIpc) is 2.64. The minimum Gasteiger partial charge on any atom is -0.369 e. The summed E-state index contributed by atoms with van der Waals surface area (Å²) in [6.45, 7) is 6.02. The quantitative estimate of drug-likeness (QED) is 0.758. The first kappa shape index (κ1) is 22.1. The molecule has 4 N–H and O–H groups in total. The highest BCUT2D eigenvalue weighted by atomic mass is 19.1. The van der Waals surface area contributed by atoms with Crippen LogP contribution in [0.25, 0.3) is 0 Å². The Morgan fingerprint density at radius 3 is 2.03 bits per heavy atom. The van der Waals surface area contributed by atoms with Crippen LogP contribution in [-0.2, 0) is 21.4 Å². The number of hydrogen-bond acceptors (Lipinski definition) is 2. The summed E-state index contributed by atoms with van der Waals surface area (Å²) in [6.07, 6.45) is -0.0870. The van der Waals surface area contributed by atoms with E-state index in [1.165, 1.54) is 19.9 Å². The third-order valence-corrected chi connectivity index (χ3v) is 4.97. The van der Waals surface area contributed by atoms with E-state index in [2.05, 4.69) is 11.8 Å². The molecule has 2 aromatic carbocycles. The van der Waals surface area contributed by atoms with Gasteiger partial charge in [0.1, 0.15) is 11.6 Å².